The SMILES string of the molecule is B[C@@](Nc1cc(Cl)c2ncc(C#N)c(NCC(C)(C)C)c2c1)(C1=CN(C2CC2)NN1)c1ccc(F)nc1F. The van der Waals surface area contributed by atoms with E-state index in [-0.39, 0.29) is 11.0 Å². The molecule has 3 heterocycles. The van der Waals surface area contributed by atoms with Gasteiger partial charge in [0.15, 0.2) is 0 Å². The molecular weight excluding hydrogens is 509 g/mol. The van der Waals surface area contributed by atoms with Gasteiger partial charge in [-0.15, -0.1) is 5.53 Å². The third-order valence-electron chi connectivity index (χ3n) is 6.66. The van der Waals surface area contributed by atoms with Crippen LogP contribution < -0.4 is 21.6 Å². The fraction of sp³-hybridized carbons (Fsp3) is 0.346. The van der Waals surface area contributed by atoms with Crippen molar-refractivity contribution in [3.05, 3.63) is 70.4 Å². The van der Waals surface area contributed by atoms with Crippen LogP contribution in [0.15, 0.2) is 42.4 Å². The third kappa shape index (κ3) is 5.06. The molecule has 5 rings (SSSR count). The monoisotopic (exact) mass is 536 g/mol. The maximum Gasteiger partial charge on any atom is 0.220 e. The van der Waals surface area contributed by atoms with Crippen molar-refractivity contribution in [2.45, 2.75) is 45.1 Å². The van der Waals surface area contributed by atoms with Gasteiger partial charge < -0.3 is 16.1 Å². The lowest BCUT2D eigenvalue weighted by atomic mass is 9.69. The quantitative estimate of drug-likeness (QED) is 0.264. The fourth-order valence-electron chi connectivity index (χ4n) is 4.45. The van der Waals surface area contributed by atoms with E-state index in [1.54, 1.807) is 13.9 Å². The second kappa shape index (κ2) is 9.60. The van der Waals surface area contributed by atoms with E-state index in [9.17, 15) is 9.65 Å². The van der Waals surface area contributed by atoms with Crippen LogP contribution in [-0.4, -0.2) is 35.4 Å². The molecule has 4 N–H and O–H groups in total. The first-order valence-corrected chi connectivity index (χ1v) is 12.8. The number of rotatable bonds is 7. The normalized spacial score (nSPS) is 17.0. The molecule has 0 radical (unpaired) electrons. The second-order valence-electron chi connectivity index (χ2n) is 11.1. The van der Waals surface area contributed by atoms with Crippen molar-refractivity contribution in [2.24, 2.45) is 5.41 Å². The zero-order chi connectivity index (χ0) is 27.2. The predicted molar refractivity (Wildman–Crippen MR) is 147 cm³/mol. The van der Waals surface area contributed by atoms with Crippen LogP contribution in [0.1, 0.15) is 44.7 Å². The van der Waals surface area contributed by atoms with Gasteiger partial charge >= 0.3 is 0 Å². The summed E-state index contributed by atoms with van der Waals surface area (Å²) in [7, 11) is 1.78. The topological polar surface area (TPSA) is 101 Å². The minimum atomic E-state index is -1.20. The van der Waals surface area contributed by atoms with E-state index in [1.165, 1.54) is 12.3 Å². The number of pyridine rings is 2. The van der Waals surface area contributed by atoms with Crippen molar-refractivity contribution >= 4 is 41.7 Å². The Balaban J connectivity index is 1.62. The van der Waals surface area contributed by atoms with Gasteiger partial charge in [-0.1, -0.05) is 32.4 Å². The predicted octanol–water partition coefficient (Wildman–Crippen LogP) is 4.12. The molecular formula is C26H28BClF2N8. The highest BCUT2D eigenvalue weighted by Crippen LogP contribution is 2.38. The molecule has 1 saturated carbocycles. The summed E-state index contributed by atoms with van der Waals surface area (Å²) >= 11 is 6.68. The molecule has 1 aliphatic heterocycles. The van der Waals surface area contributed by atoms with Gasteiger partial charge in [-0.2, -0.15) is 19.0 Å². The number of hydrazine groups is 2. The summed E-state index contributed by atoms with van der Waals surface area (Å²) in [6.07, 6.45) is 5.48. The molecule has 0 spiro atoms. The van der Waals surface area contributed by atoms with Gasteiger partial charge in [0.1, 0.15) is 13.9 Å². The second-order valence-corrected chi connectivity index (χ2v) is 11.5. The van der Waals surface area contributed by atoms with Gasteiger partial charge in [0, 0.05) is 41.6 Å². The van der Waals surface area contributed by atoms with E-state index in [2.05, 4.69) is 58.4 Å². The highest BCUT2D eigenvalue weighted by atomic mass is 35.5. The number of nitrogens with one attached hydrogen (secondary N) is 4. The molecule has 0 unspecified atom stereocenters. The zero-order valence-electron chi connectivity index (χ0n) is 21.6. The number of benzene rings is 1. The van der Waals surface area contributed by atoms with E-state index in [1.807, 2.05) is 17.3 Å². The Hall–Kier alpha value is -3.62. The van der Waals surface area contributed by atoms with E-state index < -0.39 is 17.3 Å². The minimum absolute atomic E-state index is 0.0469. The van der Waals surface area contributed by atoms with E-state index in [0.29, 0.717) is 51.1 Å². The zero-order valence-corrected chi connectivity index (χ0v) is 22.3. The maximum atomic E-state index is 15.1. The fourth-order valence-corrected chi connectivity index (χ4v) is 4.71. The van der Waals surface area contributed by atoms with Gasteiger partial charge in [0.25, 0.3) is 0 Å². The van der Waals surface area contributed by atoms with Crippen LogP contribution in [0.5, 0.6) is 0 Å². The molecule has 0 bridgehead atoms. The van der Waals surface area contributed by atoms with Crippen molar-refractivity contribution in [1.29, 1.82) is 5.26 Å². The van der Waals surface area contributed by atoms with Crippen LogP contribution in [0.4, 0.5) is 20.2 Å². The van der Waals surface area contributed by atoms with Crippen LogP contribution in [0.2, 0.25) is 5.02 Å². The number of aromatic nitrogens is 2. The Kier molecular flexibility index (Phi) is 6.57. The highest BCUT2D eigenvalue weighted by molar-refractivity contribution is 6.36. The number of fused-ring (bicyclic) bond motifs is 1. The van der Waals surface area contributed by atoms with Crippen LogP contribution in [0.25, 0.3) is 10.9 Å². The Bertz CT molecular complexity index is 1480. The summed E-state index contributed by atoms with van der Waals surface area (Å²) in [6.45, 7) is 6.88. The summed E-state index contributed by atoms with van der Waals surface area (Å²) in [5.74, 6) is -1.83. The first-order valence-electron chi connectivity index (χ1n) is 12.4. The largest absolute Gasteiger partial charge is 0.383 e. The van der Waals surface area contributed by atoms with Crippen molar-refractivity contribution in [3.8, 4) is 6.07 Å². The van der Waals surface area contributed by atoms with Gasteiger partial charge in [-0.3, -0.25) is 9.99 Å². The van der Waals surface area contributed by atoms with E-state index in [4.69, 9.17) is 11.6 Å². The van der Waals surface area contributed by atoms with Crippen molar-refractivity contribution in [1.82, 2.24) is 25.9 Å². The molecule has 1 aliphatic carbocycles. The number of halogens is 3. The lowest BCUT2D eigenvalue weighted by Gasteiger charge is -2.34. The van der Waals surface area contributed by atoms with Crippen molar-refractivity contribution in [2.75, 3.05) is 17.2 Å². The first kappa shape index (κ1) is 26.0. The summed E-state index contributed by atoms with van der Waals surface area (Å²) in [5, 5.41) is 19.5. The van der Waals surface area contributed by atoms with Gasteiger partial charge in [-0.25, -0.2) is 0 Å². The maximum absolute atomic E-state index is 15.1. The summed E-state index contributed by atoms with van der Waals surface area (Å²) < 4.78 is 28.9. The molecule has 0 amide bonds. The Morgan fingerprint density at radius 2 is 2.03 bits per heavy atom. The van der Waals surface area contributed by atoms with Gasteiger partial charge in [0.05, 0.1) is 32.9 Å². The number of anilines is 2. The smallest absolute Gasteiger partial charge is 0.220 e. The first-order chi connectivity index (χ1) is 18.0. The molecule has 3 aromatic rings. The highest BCUT2D eigenvalue weighted by Gasteiger charge is 2.40. The molecule has 1 aromatic carbocycles. The van der Waals surface area contributed by atoms with Crippen molar-refractivity contribution in [3.63, 3.8) is 0 Å². The Morgan fingerprint density at radius 3 is 2.68 bits per heavy atom. The van der Waals surface area contributed by atoms with Gasteiger partial charge in [-0.05, 0) is 42.5 Å². The molecule has 8 nitrogen and oxygen atoms in total. The molecule has 2 aliphatic rings. The molecule has 1 atom stereocenters. The Labute approximate surface area is 225 Å². The van der Waals surface area contributed by atoms with Crippen LogP contribution in [0.3, 0.4) is 0 Å². The van der Waals surface area contributed by atoms with Gasteiger partial charge in [0.2, 0.25) is 11.9 Å². The van der Waals surface area contributed by atoms with Crippen LogP contribution >= 0.6 is 11.6 Å². The van der Waals surface area contributed by atoms with Crippen molar-refractivity contribution < 1.29 is 8.78 Å². The van der Waals surface area contributed by atoms with Crippen LogP contribution in [0, 0.1) is 28.6 Å². The van der Waals surface area contributed by atoms with Crippen LogP contribution in [-0.2, 0) is 5.44 Å². The van der Waals surface area contributed by atoms with E-state index >= 15 is 4.39 Å². The standard InChI is InChI=1S/C26H28BClF2N8/c1-25(2,3)13-33-22-14(10-31)11-32-23-17(22)8-15(9-19(23)28)35-26(27,18-6-7-21(29)34-24(18)30)20-12-38(37-36-20)16-4-5-16/h6-9,11-12,16,35-37H,4-5,13,27H2,1-3H3,(H,32,33)/t26-/m0/s1. The number of hydrogen-bond acceptors (Lipinski definition) is 8. The molecule has 2 aromatic heterocycles. The number of hydrogen-bond donors (Lipinski definition) is 4. The molecule has 1 fully saturated rings. The summed E-state index contributed by atoms with van der Waals surface area (Å²) in [6, 6.07) is 8.58. The van der Waals surface area contributed by atoms with E-state index in [0.717, 1.165) is 18.9 Å². The average Bonchev–Trinajstić information content (AvgIpc) is 3.57. The molecule has 0 saturated heterocycles. The summed E-state index contributed by atoms with van der Waals surface area (Å²) in [5.41, 5.74) is 7.84. The molecule has 196 valence electrons. The number of nitriles is 1. The molecule has 38 heavy (non-hydrogen) atoms. The lowest BCUT2D eigenvalue weighted by molar-refractivity contribution is 0.260. The minimum Gasteiger partial charge on any atom is -0.383 e. The average molecular weight is 537 g/mol. The summed E-state index contributed by atoms with van der Waals surface area (Å²) in [4.78, 5) is 7.84. The number of nitrogens with zero attached hydrogens (tertiary/aromatic N) is 4. The third-order valence-corrected chi connectivity index (χ3v) is 6.94. The lowest BCUT2D eigenvalue weighted by Crippen LogP contribution is -2.46. The molecule has 12 heteroatoms. The Morgan fingerprint density at radius 1 is 1.26 bits per heavy atom.